The molecule has 138 valence electrons. The van der Waals surface area contributed by atoms with Crippen LogP contribution in [0.4, 0.5) is 0 Å². The summed E-state index contributed by atoms with van der Waals surface area (Å²) in [5.74, 6) is 0.132. The smallest absolute Gasteiger partial charge is 0.161 e. The van der Waals surface area contributed by atoms with Crippen LogP contribution < -0.4 is 0 Å². The van der Waals surface area contributed by atoms with E-state index in [0.717, 1.165) is 22.1 Å². The molecule has 0 atom stereocenters. The maximum atomic E-state index is 12.7. The van der Waals surface area contributed by atoms with Gasteiger partial charge in [0.25, 0.3) is 0 Å². The summed E-state index contributed by atoms with van der Waals surface area (Å²) in [6, 6.07) is 19.2. The summed E-state index contributed by atoms with van der Waals surface area (Å²) in [4.78, 5) is 12.7. The number of benzene rings is 3. The predicted octanol–water partition coefficient (Wildman–Crippen LogP) is 7.06. The molecule has 1 aliphatic carbocycles. The molecule has 0 aliphatic heterocycles. The standard InChI is InChI=1S/C26H28O/c1-17(27)24-20(18-9-7-6-8-10-18)12-11-19-15-22-23(16-21(19)24)26(4,5)14-13-25(22,2)3/h6-12,15-16H,13-14H2,1-5H3. The topological polar surface area (TPSA) is 17.1 Å². The highest BCUT2D eigenvalue weighted by Gasteiger charge is 2.37. The van der Waals surface area contributed by atoms with E-state index in [4.69, 9.17) is 0 Å². The fraction of sp³-hybridized carbons (Fsp3) is 0.346. The second-order valence-electron chi connectivity index (χ2n) is 9.30. The first-order valence-corrected chi connectivity index (χ1v) is 9.89. The van der Waals surface area contributed by atoms with Crippen LogP contribution in [0.5, 0.6) is 0 Å². The molecule has 3 aromatic rings. The van der Waals surface area contributed by atoms with E-state index in [1.54, 1.807) is 6.92 Å². The van der Waals surface area contributed by atoms with Gasteiger partial charge in [0.15, 0.2) is 5.78 Å². The number of rotatable bonds is 2. The Balaban J connectivity index is 2.08. The Bertz CT molecular complexity index is 1040. The van der Waals surface area contributed by atoms with Gasteiger partial charge >= 0.3 is 0 Å². The zero-order chi connectivity index (χ0) is 19.4. The van der Waals surface area contributed by atoms with Gasteiger partial charge in [-0.15, -0.1) is 0 Å². The normalized spacial score (nSPS) is 17.5. The Kier molecular flexibility index (Phi) is 4.03. The van der Waals surface area contributed by atoms with Gasteiger partial charge in [-0.2, -0.15) is 0 Å². The average Bonchev–Trinajstić information content (AvgIpc) is 2.64. The summed E-state index contributed by atoms with van der Waals surface area (Å²) < 4.78 is 0. The van der Waals surface area contributed by atoms with Crippen LogP contribution in [0.3, 0.4) is 0 Å². The van der Waals surface area contributed by atoms with E-state index in [9.17, 15) is 4.79 Å². The first-order chi connectivity index (χ1) is 12.7. The van der Waals surface area contributed by atoms with Gasteiger partial charge in [0.1, 0.15) is 0 Å². The van der Waals surface area contributed by atoms with Gasteiger partial charge in [-0.1, -0.05) is 76.2 Å². The van der Waals surface area contributed by atoms with Crippen molar-refractivity contribution in [3.63, 3.8) is 0 Å². The van der Waals surface area contributed by atoms with E-state index >= 15 is 0 Å². The lowest BCUT2D eigenvalue weighted by molar-refractivity contribution is 0.102. The van der Waals surface area contributed by atoms with Gasteiger partial charge in [0, 0.05) is 5.56 Å². The van der Waals surface area contributed by atoms with Crippen molar-refractivity contribution in [2.45, 2.75) is 58.3 Å². The fourth-order valence-corrected chi connectivity index (χ4v) is 4.62. The largest absolute Gasteiger partial charge is 0.294 e. The molecule has 3 aromatic carbocycles. The predicted molar refractivity (Wildman–Crippen MR) is 115 cm³/mol. The van der Waals surface area contributed by atoms with Crippen molar-refractivity contribution in [2.24, 2.45) is 0 Å². The van der Waals surface area contributed by atoms with Crippen molar-refractivity contribution in [1.82, 2.24) is 0 Å². The van der Waals surface area contributed by atoms with Gasteiger partial charge < -0.3 is 0 Å². The van der Waals surface area contributed by atoms with Gasteiger partial charge in [0.05, 0.1) is 0 Å². The minimum Gasteiger partial charge on any atom is -0.294 e. The molecule has 0 saturated carbocycles. The van der Waals surface area contributed by atoms with Crippen molar-refractivity contribution < 1.29 is 4.79 Å². The first kappa shape index (κ1) is 18.0. The fourth-order valence-electron chi connectivity index (χ4n) is 4.62. The lowest BCUT2D eigenvalue weighted by Gasteiger charge is -2.42. The molecule has 0 N–H and O–H groups in total. The molecule has 0 heterocycles. The van der Waals surface area contributed by atoms with Crippen molar-refractivity contribution in [1.29, 1.82) is 0 Å². The SMILES string of the molecule is CC(=O)c1c(-c2ccccc2)ccc2cc3c(cc12)C(C)(C)CCC3(C)C. The molecule has 0 bridgehead atoms. The third kappa shape index (κ3) is 2.90. The van der Waals surface area contributed by atoms with Gasteiger partial charge in [-0.05, 0) is 69.7 Å². The third-order valence-corrected chi connectivity index (χ3v) is 6.43. The summed E-state index contributed by atoms with van der Waals surface area (Å²) in [5, 5.41) is 2.26. The lowest BCUT2D eigenvalue weighted by atomic mass is 9.62. The van der Waals surface area contributed by atoms with Gasteiger partial charge in [-0.3, -0.25) is 4.79 Å². The van der Waals surface area contributed by atoms with E-state index in [-0.39, 0.29) is 16.6 Å². The van der Waals surface area contributed by atoms with Crippen molar-refractivity contribution >= 4 is 16.6 Å². The highest BCUT2D eigenvalue weighted by Crippen LogP contribution is 2.47. The van der Waals surface area contributed by atoms with Crippen LogP contribution in [-0.4, -0.2) is 5.78 Å². The van der Waals surface area contributed by atoms with Crippen LogP contribution in [0.25, 0.3) is 21.9 Å². The Hall–Kier alpha value is -2.41. The van der Waals surface area contributed by atoms with Crippen LogP contribution in [0.1, 0.15) is 68.9 Å². The number of ketones is 1. The molecule has 0 amide bonds. The quantitative estimate of drug-likeness (QED) is 0.449. The highest BCUT2D eigenvalue weighted by atomic mass is 16.1. The minimum absolute atomic E-state index is 0.132. The maximum absolute atomic E-state index is 12.7. The minimum atomic E-state index is 0.132. The van der Waals surface area contributed by atoms with Crippen molar-refractivity contribution in [2.75, 3.05) is 0 Å². The molecule has 0 radical (unpaired) electrons. The number of hydrogen-bond acceptors (Lipinski definition) is 1. The Morgan fingerprint density at radius 1 is 0.815 bits per heavy atom. The second kappa shape index (κ2) is 6.05. The van der Waals surface area contributed by atoms with E-state index in [0.29, 0.717) is 0 Å². The number of carbonyl (C=O) groups is 1. The molecule has 0 unspecified atom stereocenters. The molecule has 1 aliphatic rings. The zero-order valence-electron chi connectivity index (χ0n) is 17.0. The number of fused-ring (bicyclic) bond motifs is 2. The van der Waals surface area contributed by atoms with Crippen LogP contribution in [0.15, 0.2) is 54.6 Å². The van der Waals surface area contributed by atoms with Gasteiger partial charge in [0.2, 0.25) is 0 Å². The molecule has 0 aromatic heterocycles. The van der Waals surface area contributed by atoms with E-state index < -0.39 is 0 Å². The average molecular weight is 357 g/mol. The lowest BCUT2D eigenvalue weighted by Crippen LogP contribution is -2.33. The van der Waals surface area contributed by atoms with E-state index in [2.05, 4.69) is 64.1 Å². The molecule has 0 saturated heterocycles. The van der Waals surface area contributed by atoms with E-state index in [1.807, 2.05) is 18.2 Å². The molecular formula is C26H28O. The zero-order valence-corrected chi connectivity index (χ0v) is 17.0. The van der Waals surface area contributed by atoms with E-state index in [1.165, 1.54) is 29.4 Å². The van der Waals surface area contributed by atoms with Crippen molar-refractivity contribution in [3.05, 3.63) is 71.3 Å². The number of Topliss-reactive ketones (excluding diaryl/α,β-unsaturated/α-hetero) is 1. The second-order valence-corrected chi connectivity index (χ2v) is 9.30. The van der Waals surface area contributed by atoms with Gasteiger partial charge in [-0.25, -0.2) is 0 Å². The molecule has 0 spiro atoms. The number of hydrogen-bond donors (Lipinski definition) is 0. The monoisotopic (exact) mass is 356 g/mol. The molecule has 1 heteroatoms. The highest BCUT2D eigenvalue weighted by molar-refractivity contribution is 6.12. The molecule has 4 rings (SSSR count). The van der Waals surface area contributed by atoms with Crippen LogP contribution in [0.2, 0.25) is 0 Å². The maximum Gasteiger partial charge on any atom is 0.161 e. The Labute approximate surface area is 162 Å². The Morgan fingerprint density at radius 3 is 2.00 bits per heavy atom. The summed E-state index contributed by atoms with van der Waals surface area (Å²) in [6.07, 6.45) is 2.37. The molecule has 27 heavy (non-hydrogen) atoms. The third-order valence-electron chi connectivity index (χ3n) is 6.43. The van der Waals surface area contributed by atoms with Crippen molar-refractivity contribution in [3.8, 4) is 11.1 Å². The molecular weight excluding hydrogens is 328 g/mol. The summed E-state index contributed by atoms with van der Waals surface area (Å²) >= 11 is 0. The molecule has 0 fully saturated rings. The summed E-state index contributed by atoms with van der Waals surface area (Å²) in [6.45, 7) is 11.0. The summed E-state index contributed by atoms with van der Waals surface area (Å²) in [5.41, 5.74) is 6.13. The Morgan fingerprint density at radius 2 is 1.41 bits per heavy atom. The molecule has 1 nitrogen and oxygen atoms in total. The first-order valence-electron chi connectivity index (χ1n) is 9.89. The summed E-state index contributed by atoms with van der Waals surface area (Å²) in [7, 11) is 0. The van der Waals surface area contributed by atoms with Crippen LogP contribution >= 0.6 is 0 Å². The van der Waals surface area contributed by atoms with Crippen LogP contribution in [-0.2, 0) is 10.8 Å². The number of carbonyl (C=O) groups excluding carboxylic acids is 1. The van der Waals surface area contributed by atoms with Crippen LogP contribution in [0, 0.1) is 0 Å².